The number of sulfone groups is 6. The minimum Gasteiger partial charge on any atom is -0.508 e. The predicted octanol–water partition coefficient (Wildman–Crippen LogP) is 16.0. The van der Waals surface area contributed by atoms with E-state index in [2.05, 4.69) is 0 Å². The van der Waals surface area contributed by atoms with Gasteiger partial charge in [-0.3, -0.25) is 0 Å². The first-order valence-corrected chi connectivity index (χ1v) is 45.0. The van der Waals surface area contributed by atoms with Gasteiger partial charge in [-0.05, 0) is 323 Å². The molecule has 0 bridgehead atoms. The largest absolute Gasteiger partial charge is 0.508 e. The first-order valence-electron chi connectivity index (χ1n) is 36.1. The van der Waals surface area contributed by atoms with Gasteiger partial charge in [0.15, 0.2) is 0 Å². The molecule has 24 nitrogen and oxygen atoms in total. The zero-order valence-corrected chi connectivity index (χ0v) is 67.6. The van der Waals surface area contributed by atoms with Crippen molar-refractivity contribution in [3.05, 3.63) is 291 Å². The van der Waals surface area contributed by atoms with Crippen LogP contribution in [-0.4, -0.2) is 121 Å². The molecule has 0 unspecified atom stereocenters. The Morgan fingerprint density at radius 1 is 0.164 bits per heavy atom. The van der Waals surface area contributed by atoms with Crippen molar-refractivity contribution < 1.29 is 110 Å². The third-order valence-corrected chi connectivity index (χ3v) is 27.6. The normalized spacial score (nSPS) is 11.5. The summed E-state index contributed by atoms with van der Waals surface area (Å²) < 4.78 is 186. The topological polar surface area (TPSA) is 382 Å². The lowest BCUT2D eigenvalue weighted by atomic mass is 10.2. The molecule has 0 aliphatic carbocycles. The monoisotopic (exact) mass is 1690 g/mol. The van der Waals surface area contributed by atoms with E-state index >= 15 is 0 Å². The van der Waals surface area contributed by atoms with E-state index in [0.29, 0.717) is 93.4 Å². The fraction of sp³-hybridized carbons (Fsp3) is 0.163. The molecule has 0 aromatic heterocycles. The Labute approximate surface area is 674 Å². The predicted molar refractivity (Wildman–Crippen MR) is 432 cm³/mol. The van der Waals surface area contributed by atoms with Crippen molar-refractivity contribution in [2.45, 2.75) is 111 Å². The Morgan fingerprint density at radius 2 is 0.267 bits per heavy atom. The van der Waals surface area contributed by atoms with Gasteiger partial charge in [0.1, 0.15) is 69.0 Å². The molecule has 30 heteroatoms. The number of phenols is 6. The van der Waals surface area contributed by atoms with Gasteiger partial charge in [0.25, 0.3) is 0 Å². The van der Waals surface area contributed by atoms with Gasteiger partial charge in [-0.15, -0.1) is 0 Å². The summed E-state index contributed by atoms with van der Waals surface area (Å²) >= 11 is 0. The zero-order chi connectivity index (χ0) is 83.5. The highest BCUT2D eigenvalue weighted by atomic mass is 32.2. The summed E-state index contributed by atoms with van der Waals surface area (Å²) in [5.74, 6) is 3.20. The molecule has 0 saturated heterocycles. The van der Waals surface area contributed by atoms with Crippen LogP contribution in [0, 0.1) is 0 Å². The van der Waals surface area contributed by atoms with Crippen molar-refractivity contribution in [2.24, 2.45) is 0 Å². The van der Waals surface area contributed by atoms with E-state index in [1.807, 2.05) is 13.8 Å². The van der Waals surface area contributed by atoms with Gasteiger partial charge in [0, 0.05) is 6.42 Å². The molecule has 12 rings (SSSR count). The summed E-state index contributed by atoms with van der Waals surface area (Å²) in [6.45, 7) is 6.42. The molecule has 0 radical (unpaired) electrons. The minimum absolute atomic E-state index is 0.00118. The minimum atomic E-state index is -3.70. The standard InChI is InChI=1S/C29H28O8S2.C28H26O8S2.C27H24O8S2.C2H6/c30-22-4-12-26(13-5-22)38(32,33)28-16-8-24(9-17-28)36-20-2-1-3-21-37-25-10-18-29(19-11-25)39(34,35)27-14-6-23(31)7-15-27;29-21-3-11-25(12-4-21)37(31,32)27-15-7-23(8-16-27)35-19-1-2-20-36-24-9-17-28(18-10-24)38(33,34)26-13-5-22(30)6-14-26;28-20-2-10-24(11-3-20)36(30,31)26-14-6-22(7-15-26)34-18-1-19-35-23-8-16-27(17-9-23)37(32,33)25-12-4-21(29)5-13-25;1-2/h4-19,30-31H,1-3,20-21H2;3-18,29-30H,1-2,19-20H2;2-17,28-29H,1,18-19H2;1-2H3. The second kappa shape index (κ2) is 40.8. The molecule has 0 atom stereocenters. The van der Waals surface area contributed by atoms with Gasteiger partial charge in [0.05, 0.1) is 98.4 Å². The van der Waals surface area contributed by atoms with Gasteiger partial charge in [0.2, 0.25) is 59.0 Å². The molecule has 0 saturated carbocycles. The Kier molecular flexibility index (Phi) is 30.9. The number of ether oxygens (including phenoxy) is 6. The van der Waals surface area contributed by atoms with Crippen LogP contribution in [0.2, 0.25) is 0 Å². The summed E-state index contributed by atoms with van der Waals surface area (Å²) in [6, 6.07) is 69.0. The van der Waals surface area contributed by atoms with Crippen molar-refractivity contribution in [3.8, 4) is 69.0 Å². The van der Waals surface area contributed by atoms with Crippen molar-refractivity contribution in [2.75, 3.05) is 39.6 Å². The molecule has 116 heavy (non-hydrogen) atoms. The first kappa shape index (κ1) is 87.9. The average molecular weight is 1690 g/mol. The van der Waals surface area contributed by atoms with Gasteiger partial charge in [-0.25, -0.2) is 50.5 Å². The number of hydrogen-bond donors (Lipinski definition) is 6. The number of hydrogen-bond acceptors (Lipinski definition) is 24. The molecule has 6 N–H and O–H groups in total. The van der Waals surface area contributed by atoms with Crippen LogP contribution in [0.1, 0.15) is 52.4 Å². The number of aromatic hydroxyl groups is 6. The Bertz CT molecular complexity index is 5490. The van der Waals surface area contributed by atoms with Crippen molar-refractivity contribution in [1.29, 1.82) is 0 Å². The van der Waals surface area contributed by atoms with Crippen molar-refractivity contribution >= 4 is 59.0 Å². The highest BCUT2D eigenvalue weighted by molar-refractivity contribution is 7.93. The molecule has 0 fully saturated rings. The maximum atomic E-state index is 12.7. The maximum absolute atomic E-state index is 12.7. The molecule has 12 aromatic rings. The number of unbranched alkanes of at least 4 members (excludes halogenated alkanes) is 3. The van der Waals surface area contributed by atoms with E-state index < -0.39 is 59.0 Å². The van der Waals surface area contributed by atoms with E-state index in [4.69, 9.17) is 28.4 Å². The van der Waals surface area contributed by atoms with Crippen LogP contribution in [0.3, 0.4) is 0 Å². The van der Waals surface area contributed by atoms with E-state index in [9.17, 15) is 81.1 Å². The summed E-state index contributed by atoms with van der Waals surface area (Å²) in [5, 5.41) is 56.1. The molecule has 0 aliphatic rings. The smallest absolute Gasteiger partial charge is 0.206 e. The molecule has 0 aliphatic heterocycles. The van der Waals surface area contributed by atoms with Crippen molar-refractivity contribution in [1.82, 2.24) is 0 Å². The van der Waals surface area contributed by atoms with Gasteiger partial charge in [-0.1, -0.05) is 13.8 Å². The Balaban J connectivity index is 0.000000197. The zero-order valence-electron chi connectivity index (χ0n) is 62.7. The van der Waals surface area contributed by atoms with Crippen LogP contribution in [0.4, 0.5) is 0 Å². The van der Waals surface area contributed by atoms with Crippen LogP contribution in [0.15, 0.2) is 350 Å². The third kappa shape index (κ3) is 24.3. The molecule has 12 aromatic carbocycles. The maximum Gasteiger partial charge on any atom is 0.206 e. The van der Waals surface area contributed by atoms with Crippen LogP contribution >= 0.6 is 0 Å². The molecule has 0 spiro atoms. The SMILES string of the molecule is CC.O=S(=O)(c1ccc(O)cc1)c1ccc(OCCCCCOc2ccc(S(=O)(=O)c3ccc(O)cc3)cc2)cc1.O=S(=O)(c1ccc(O)cc1)c1ccc(OCCCCOc2ccc(S(=O)(=O)c3ccc(O)cc3)cc2)cc1.O=S(=O)(c1ccc(O)cc1)c1ccc(OCCCOc2ccc(S(=O)(=O)c3ccc(O)cc3)cc2)cc1. The van der Waals surface area contributed by atoms with Gasteiger partial charge >= 0.3 is 0 Å². The van der Waals surface area contributed by atoms with E-state index in [0.717, 1.165) is 19.3 Å². The molecular formula is C86H84O24S6. The summed E-state index contributed by atoms with van der Waals surface area (Å²) in [5.41, 5.74) is 0. The van der Waals surface area contributed by atoms with Crippen LogP contribution in [0.25, 0.3) is 0 Å². The van der Waals surface area contributed by atoms with Crippen LogP contribution < -0.4 is 28.4 Å². The first-order chi connectivity index (χ1) is 55.5. The van der Waals surface area contributed by atoms with E-state index in [1.54, 1.807) is 72.8 Å². The van der Waals surface area contributed by atoms with E-state index in [-0.39, 0.29) is 93.2 Å². The lowest BCUT2D eigenvalue weighted by Gasteiger charge is -2.10. The fourth-order valence-electron chi connectivity index (χ4n) is 10.6. The Hall–Kier alpha value is -12.1. The summed E-state index contributed by atoms with van der Waals surface area (Å²) in [7, 11) is -22.1. The lowest BCUT2D eigenvalue weighted by Crippen LogP contribution is -2.06. The Morgan fingerprint density at radius 3 is 0.397 bits per heavy atom. The highest BCUT2D eigenvalue weighted by Crippen LogP contribution is 2.32. The fourth-order valence-corrected chi connectivity index (χ4v) is 18.2. The highest BCUT2D eigenvalue weighted by Gasteiger charge is 2.24. The summed E-state index contributed by atoms with van der Waals surface area (Å²) in [4.78, 5) is 1.34. The second-order valence-electron chi connectivity index (χ2n) is 25.0. The average Bonchev–Trinajstić information content (AvgIpc) is 0.836. The number of rotatable bonds is 33. The van der Waals surface area contributed by atoms with Crippen LogP contribution in [-0.2, 0) is 59.0 Å². The molecular weight excluding hydrogens is 1610 g/mol. The van der Waals surface area contributed by atoms with E-state index in [1.165, 1.54) is 218 Å². The quantitative estimate of drug-likeness (QED) is 0.0208. The summed E-state index contributed by atoms with van der Waals surface area (Å²) in [6.07, 6.45) is 4.34. The van der Waals surface area contributed by atoms with Gasteiger partial charge in [-0.2, -0.15) is 0 Å². The third-order valence-electron chi connectivity index (χ3n) is 16.9. The van der Waals surface area contributed by atoms with Crippen molar-refractivity contribution in [3.63, 3.8) is 0 Å². The molecule has 0 heterocycles. The van der Waals surface area contributed by atoms with Gasteiger partial charge < -0.3 is 59.1 Å². The molecule has 0 amide bonds. The second-order valence-corrected chi connectivity index (χ2v) is 36.7. The number of benzene rings is 12. The lowest BCUT2D eigenvalue weighted by molar-refractivity contribution is 0.247. The molecule has 608 valence electrons. The van der Waals surface area contributed by atoms with Crippen LogP contribution in [0.5, 0.6) is 69.0 Å². The number of phenolic OH excluding ortho intramolecular Hbond substituents is 6.